The van der Waals surface area contributed by atoms with Gasteiger partial charge in [0.15, 0.2) is 0 Å². The molecule has 0 spiro atoms. The molecule has 1 aromatic rings. The quantitative estimate of drug-likeness (QED) is 0.133. The average molecular weight is 482 g/mol. The Labute approximate surface area is 199 Å². The van der Waals surface area contributed by atoms with Crippen LogP contribution in [0.5, 0.6) is 11.5 Å². The van der Waals surface area contributed by atoms with Gasteiger partial charge in [-0.25, -0.2) is 0 Å². The third-order valence-corrected chi connectivity index (χ3v) is 5.92. The van der Waals surface area contributed by atoms with Gasteiger partial charge in [-0.2, -0.15) is 0 Å². The number of carbonyl (C=O) groups excluding carboxylic acids is 2. The Kier molecular flexibility index (Phi) is 10.5. The second-order valence-electron chi connectivity index (χ2n) is 8.63. The maximum Gasteiger partial charge on any atom is 0.308 e. The highest BCUT2D eigenvalue weighted by atomic mass is 17.0. The number of rotatable bonds is 12. The lowest BCUT2D eigenvalue weighted by Gasteiger charge is -2.26. The molecule has 2 rings (SSSR count). The maximum atomic E-state index is 12.2. The van der Waals surface area contributed by atoms with Crippen molar-refractivity contribution < 1.29 is 34.1 Å². The summed E-state index contributed by atoms with van der Waals surface area (Å²) in [6, 6.07) is 1.78. The number of aliphatic hydroxyl groups excluding tert-OH is 1. The number of ether oxygens (including phenoxy) is 2. The fourth-order valence-electron chi connectivity index (χ4n) is 3.96. The molecule has 1 aromatic carbocycles. The molecule has 1 fully saturated rings. The Bertz CT molecular complexity index is 868. The van der Waals surface area contributed by atoms with E-state index in [1.165, 1.54) is 6.92 Å². The van der Waals surface area contributed by atoms with Crippen LogP contribution in [0.25, 0.3) is 0 Å². The minimum Gasteiger partial charge on any atom is -0.491 e. The zero-order chi connectivity index (χ0) is 25.3. The van der Waals surface area contributed by atoms with Crippen LogP contribution in [0.2, 0.25) is 0 Å². The van der Waals surface area contributed by atoms with Crippen molar-refractivity contribution >= 4 is 11.9 Å². The summed E-state index contributed by atoms with van der Waals surface area (Å²) in [7, 11) is 0. The molecule has 1 saturated carbocycles. The van der Waals surface area contributed by atoms with Gasteiger partial charge in [0.2, 0.25) is 5.91 Å². The highest BCUT2D eigenvalue weighted by Gasteiger charge is 2.27. The van der Waals surface area contributed by atoms with Crippen LogP contribution in [0.1, 0.15) is 49.3 Å². The van der Waals surface area contributed by atoms with Crippen molar-refractivity contribution in [2.45, 2.75) is 65.6 Å². The molecule has 1 atom stereocenters. The standard InChI is InChI=1S/C23H35N3O8/c1-14-11-21(15(2)16(3)22(14)33-17(4)27)32-13-19(28)12-24-9-10-25-23(29)18-5-7-20(8-6-18)34-26(30)31/h11,18-20,24,28H,5-10,12-13H2,1-4H3,(H,25,29). The molecule has 1 aliphatic rings. The van der Waals surface area contributed by atoms with E-state index in [1.807, 2.05) is 20.8 Å². The molecular weight excluding hydrogens is 446 g/mol. The molecule has 0 bridgehead atoms. The van der Waals surface area contributed by atoms with E-state index in [4.69, 9.17) is 9.47 Å². The number of hydrogen-bond donors (Lipinski definition) is 3. The highest BCUT2D eigenvalue weighted by Crippen LogP contribution is 2.33. The topological polar surface area (TPSA) is 149 Å². The molecule has 0 aliphatic heterocycles. The second kappa shape index (κ2) is 13.1. The first-order valence-electron chi connectivity index (χ1n) is 11.5. The van der Waals surface area contributed by atoms with Crippen molar-refractivity contribution in [3.63, 3.8) is 0 Å². The molecule has 34 heavy (non-hydrogen) atoms. The summed E-state index contributed by atoms with van der Waals surface area (Å²) in [5.74, 6) is 0.540. The van der Waals surface area contributed by atoms with Crippen molar-refractivity contribution in [1.82, 2.24) is 10.6 Å². The van der Waals surface area contributed by atoms with Crippen molar-refractivity contribution in [1.29, 1.82) is 0 Å². The van der Waals surface area contributed by atoms with Crippen LogP contribution in [-0.4, -0.2) is 60.5 Å². The Morgan fingerprint density at radius 2 is 1.85 bits per heavy atom. The summed E-state index contributed by atoms with van der Waals surface area (Å²) in [5, 5.41) is 25.8. The van der Waals surface area contributed by atoms with Crippen molar-refractivity contribution in [3.05, 3.63) is 32.9 Å². The maximum absolute atomic E-state index is 12.2. The van der Waals surface area contributed by atoms with E-state index in [2.05, 4.69) is 15.5 Å². The predicted octanol–water partition coefficient (Wildman–Crippen LogP) is 1.75. The van der Waals surface area contributed by atoms with Gasteiger partial charge in [-0.05, 0) is 69.2 Å². The summed E-state index contributed by atoms with van der Waals surface area (Å²) in [6.07, 6.45) is 0.944. The Balaban J connectivity index is 1.65. The van der Waals surface area contributed by atoms with Gasteiger partial charge < -0.3 is 30.1 Å². The zero-order valence-corrected chi connectivity index (χ0v) is 20.2. The van der Waals surface area contributed by atoms with Gasteiger partial charge in [-0.3, -0.25) is 9.59 Å². The summed E-state index contributed by atoms with van der Waals surface area (Å²) in [6.45, 7) is 8.18. The number of aliphatic hydroxyl groups is 1. The van der Waals surface area contributed by atoms with Crippen LogP contribution in [0.15, 0.2) is 6.07 Å². The van der Waals surface area contributed by atoms with Gasteiger partial charge in [0.05, 0.1) is 0 Å². The van der Waals surface area contributed by atoms with Gasteiger partial charge in [0.1, 0.15) is 30.3 Å². The molecule has 0 saturated heterocycles. The highest BCUT2D eigenvalue weighted by molar-refractivity contribution is 5.78. The van der Waals surface area contributed by atoms with E-state index < -0.39 is 17.3 Å². The fraction of sp³-hybridized carbons (Fsp3) is 0.652. The number of carbonyl (C=O) groups is 2. The van der Waals surface area contributed by atoms with Crippen LogP contribution >= 0.6 is 0 Å². The molecule has 0 heterocycles. The lowest BCUT2D eigenvalue weighted by atomic mass is 9.87. The number of benzene rings is 1. The van der Waals surface area contributed by atoms with E-state index in [1.54, 1.807) is 6.07 Å². The molecule has 1 aliphatic carbocycles. The molecule has 0 radical (unpaired) electrons. The monoisotopic (exact) mass is 481 g/mol. The normalized spacial score (nSPS) is 18.6. The SMILES string of the molecule is CC(=O)Oc1c(C)cc(OCC(O)CNCCNC(=O)C2CCC(O[N+](=O)[O-])CC2)c(C)c1C. The van der Waals surface area contributed by atoms with Gasteiger partial charge in [0.25, 0.3) is 5.09 Å². The molecule has 11 nitrogen and oxygen atoms in total. The van der Waals surface area contributed by atoms with Crippen molar-refractivity contribution in [2.75, 3.05) is 26.2 Å². The van der Waals surface area contributed by atoms with Crippen LogP contribution < -0.4 is 20.1 Å². The largest absolute Gasteiger partial charge is 0.491 e. The Morgan fingerprint density at radius 1 is 1.18 bits per heavy atom. The van der Waals surface area contributed by atoms with Crippen LogP contribution in [0, 0.1) is 36.8 Å². The van der Waals surface area contributed by atoms with E-state index in [-0.39, 0.29) is 24.4 Å². The smallest absolute Gasteiger partial charge is 0.308 e. The Morgan fingerprint density at radius 3 is 2.47 bits per heavy atom. The molecule has 11 heteroatoms. The van der Waals surface area contributed by atoms with Crippen LogP contribution in [0.4, 0.5) is 0 Å². The Hall–Kier alpha value is -2.92. The van der Waals surface area contributed by atoms with Gasteiger partial charge in [0, 0.05) is 32.5 Å². The van der Waals surface area contributed by atoms with Crippen molar-refractivity contribution in [3.8, 4) is 11.5 Å². The van der Waals surface area contributed by atoms with Crippen molar-refractivity contribution in [2.24, 2.45) is 5.92 Å². The fourth-order valence-corrected chi connectivity index (χ4v) is 3.96. The summed E-state index contributed by atoms with van der Waals surface area (Å²) in [4.78, 5) is 38.5. The van der Waals surface area contributed by atoms with E-state index in [0.717, 1.165) is 16.7 Å². The minimum atomic E-state index is -0.777. The number of esters is 1. The number of nitrogens with zero attached hydrogens (tertiary/aromatic N) is 1. The third kappa shape index (κ3) is 8.45. The molecule has 0 aromatic heterocycles. The minimum absolute atomic E-state index is 0.0661. The lowest BCUT2D eigenvalue weighted by Crippen LogP contribution is -2.40. The van der Waals surface area contributed by atoms with Gasteiger partial charge >= 0.3 is 5.97 Å². The first-order valence-corrected chi connectivity index (χ1v) is 11.5. The molecular formula is C23H35N3O8. The molecule has 1 amide bonds. The van der Waals surface area contributed by atoms with Crippen LogP contribution in [0.3, 0.4) is 0 Å². The van der Waals surface area contributed by atoms with Gasteiger partial charge in [-0.15, -0.1) is 10.1 Å². The number of aryl methyl sites for hydroxylation is 1. The van der Waals surface area contributed by atoms with Crippen LogP contribution in [-0.2, 0) is 14.4 Å². The summed E-state index contributed by atoms with van der Waals surface area (Å²) < 4.78 is 11.0. The molecule has 3 N–H and O–H groups in total. The van der Waals surface area contributed by atoms with E-state index in [9.17, 15) is 24.8 Å². The predicted molar refractivity (Wildman–Crippen MR) is 123 cm³/mol. The summed E-state index contributed by atoms with van der Waals surface area (Å²) in [5.41, 5.74) is 2.42. The molecule has 190 valence electrons. The van der Waals surface area contributed by atoms with Gasteiger partial charge in [-0.1, -0.05) is 0 Å². The third-order valence-electron chi connectivity index (χ3n) is 5.92. The number of hydrogen-bond acceptors (Lipinski definition) is 9. The van der Waals surface area contributed by atoms with E-state index in [0.29, 0.717) is 56.8 Å². The molecule has 1 unspecified atom stereocenters. The second-order valence-corrected chi connectivity index (χ2v) is 8.63. The number of nitrogens with one attached hydrogen (secondary N) is 2. The first kappa shape index (κ1) is 27.3. The zero-order valence-electron chi connectivity index (χ0n) is 20.2. The van der Waals surface area contributed by atoms with E-state index >= 15 is 0 Å². The number of amides is 1. The first-order chi connectivity index (χ1) is 16.1. The summed E-state index contributed by atoms with van der Waals surface area (Å²) >= 11 is 0. The lowest BCUT2D eigenvalue weighted by molar-refractivity contribution is -0.769. The average Bonchev–Trinajstić information content (AvgIpc) is 2.77.